The molecule has 1 unspecified atom stereocenters. The number of hydrogen-bond acceptors (Lipinski definition) is 5. The fourth-order valence-corrected chi connectivity index (χ4v) is 3.54. The molecule has 0 N–H and O–H groups in total. The summed E-state index contributed by atoms with van der Waals surface area (Å²) in [5.41, 5.74) is 0.609. The molecule has 2 aliphatic rings. The maximum absolute atomic E-state index is 12.3. The molecule has 2 aliphatic heterocycles. The van der Waals surface area contributed by atoms with Gasteiger partial charge in [-0.1, -0.05) is 12.5 Å². The first-order valence-corrected chi connectivity index (χ1v) is 8.34. The van der Waals surface area contributed by atoms with Gasteiger partial charge >= 0.3 is 5.69 Å². The lowest BCUT2D eigenvalue weighted by molar-refractivity contribution is -0.109. The molecular weight excluding hydrogens is 296 g/mol. The summed E-state index contributed by atoms with van der Waals surface area (Å²) in [4.78, 5) is 14.7. The number of piperidine rings is 1. The second-order valence-corrected chi connectivity index (χ2v) is 6.14. The molecule has 0 bridgehead atoms. The van der Waals surface area contributed by atoms with Crippen LogP contribution in [0.4, 0.5) is 0 Å². The molecule has 4 rings (SSSR count). The Morgan fingerprint density at radius 1 is 1.17 bits per heavy atom. The normalized spacial score (nSPS) is 23.7. The van der Waals surface area contributed by atoms with Crippen molar-refractivity contribution in [3.05, 3.63) is 34.9 Å². The Morgan fingerprint density at radius 2 is 2.04 bits per heavy atom. The summed E-state index contributed by atoms with van der Waals surface area (Å²) >= 11 is 0. The third-order valence-electron chi connectivity index (χ3n) is 4.71. The van der Waals surface area contributed by atoms with Crippen LogP contribution in [0, 0.1) is 0 Å². The molecule has 7 heteroatoms. The van der Waals surface area contributed by atoms with Crippen LogP contribution in [0.25, 0.3) is 5.65 Å². The van der Waals surface area contributed by atoms with E-state index in [2.05, 4.69) is 10.00 Å². The average Bonchev–Trinajstić information content (AvgIpc) is 3.22. The monoisotopic (exact) mass is 318 g/mol. The standard InChI is InChI=1S/C16H22N4O3/c21-16-19-8-4-2-6-14(19)17-20(16)10-9-18-7-3-1-5-13(18)15-22-11-12-23-15/h2,4,6,8,13,15H,1,3,5,7,9-12H2. The zero-order valence-electron chi connectivity index (χ0n) is 13.1. The maximum atomic E-state index is 12.3. The fourth-order valence-electron chi connectivity index (χ4n) is 3.54. The van der Waals surface area contributed by atoms with Crippen LogP contribution >= 0.6 is 0 Å². The largest absolute Gasteiger partial charge is 0.350 e. The molecule has 2 aromatic rings. The Hall–Kier alpha value is -1.70. The van der Waals surface area contributed by atoms with Crippen LogP contribution in [0.15, 0.2) is 29.2 Å². The van der Waals surface area contributed by atoms with E-state index in [1.54, 1.807) is 15.3 Å². The van der Waals surface area contributed by atoms with Crippen molar-refractivity contribution in [2.24, 2.45) is 0 Å². The molecule has 1 atom stereocenters. The van der Waals surface area contributed by atoms with Gasteiger partial charge in [0.1, 0.15) is 0 Å². The second kappa shape index (κ2) is 6.43. The molecule has 23 heavy (non-hydrogen) atoms. The molecule has 0 radical (unpaired) electrons. The smallest absolute Gasteiger partial charge is 0.349 e. The van der Waals surface area contributed by atoms with Gasteiger partial charge in [0.2, 0.25) is 0 Å². The van der Waals surface area contributed by atoms with Crippen molar-refractivity contribution >= 4 is 5.65 Å². The van der Waals surface area contributed by atoms with E-state index >= 15 is 0 Å². The third-order valence-corrected chi connectivity index (χ3v) is 4.71. The van der Waals surface area contributed by atoms with E-state index in [1.165, 1.54) is 12.8 Å². The lowest BCUT2D eigenvalue weighted by atomic mass is 10.0. The summed E-state index contributed by atoms with van der Waals surface area (Å²) in [5.74, 6) is 0. The lowest BCUT2D eigenvalue weighted by Crippen LogP contribution is -2.48. The minimum atomic E-state index is -0.118. The number of hydrogen-bond donors (Lipinski definition) is 0. The number of ether oxygens (including phenoxy) is 2. The SMILES string of the molecule is O=c1n(CCN2CCCCC2C2OCCO2)nc2ccccn12. The summed E-state index contributed by atoms with van der Waals surface area (Å²) in [6.45, 7) is 3.76. The van der Waals surface area contributed by atoms with Gasteiger partial charge in [-0.05, 0) is 31.5 Å². The highest BCUT2D eigenvalue weighted by molar-refractivity contribution is 5.35. The van der Waals surface area contributed by atoms with Crippen molar-refractivity contribution in [2.75, 3.05) is 26.3 Å². The predicted molar refractivity (Wildman–Crippen MR) is 84.4 cm³/mol. The van der Waals surface area contributed by atoms with Crippen molar-refractivity contribution in [3.63, 3.8) is 0 Å². The van der Waals surface area contributed by atoms with Gasteiger partial charge in [-0.15, -0.1) is 5.10 Å². The van der Waals surface area contributed by atoms with E-state index < -0.39 is 0 Å². The number of likely N-dealkylation sites (tertiary alicyclic amines) is 1. The third kappa shape index (κ3) is 2.91. The molecule has 4 heterocycles. The fraction of sp³-hybridized carbons (Fsp3) is 0.625. The molecule has 7 nitrogen and oxygen atoms in total. The van der Waals surface area contributed by atoms with Crippen LogP contribution in [0.3, 0.4) is 0 Å². The van der Waals surface area contributed by atoms with Crippen molar-refractivity contribution < 1.29 is 9.47 Å². The Kier molecular flexibility index (Phi) is 4.15. The molecule has 2 saturated heterocycles. The first-order valence-electron chi connectivity index (χ1n) is 8.34. The topological polar surface area (TPSA) is 61.0 Å². The van der Waals surface area contributed by atoms with Crippen LogP contribution < -0.4 is 5.69 Å². The quantitative estimate of drug-likeness (QED) is 0.831. The molecule has 0 aromatic carbocycles. The van der Waals surface area contributed by atoms with Gasteiger partial charge in [-0.25, -0.2) is 9.48 Å². The minimum absolute atomic E-state index is 0.0810. The van der Waals surface area contributed by atoms with E-state index in [0.717, 1.165) is 19.5 Å². The summed E-state index contributed by atoms with van der Waals surface area (Å²) < 4.78 is 14.5. The van der Waals surface area contributed by atoms with Crippen LogP contribution in [0.1, 0.15) is 19.3 Å². The van der Waals surface area contributed by atoms with Crippen LogP contribution in [0.2, 0.25) is 0 Å². The zero-order valence-corrected chi connectivity index (χ0v) is 13.1. The molecule has 124 valence electrons. The number of nitrogens with zero attached hydrogens (tertiary/aromatic N) is 4. The van der Waals surface area contributed by atoms with Crippen molar-refractivity contribution in [1.29, 1.82) is 0 Å². The van der Waals surface area contributed by atoms with Gasteiger partial charge in [0.25, 0.3) is 0 Å². The van der Waals surface area contributed by atoms with Crippen LogP contribution in [0.5, 0.6) is 0 Å². The summed E-state index contributed by atoms with van der Waals surface area (Å²) in [6, 6.07) is 5.87. The highest BCUT2D eigenvalue weighted by atomic mass is 16.7. The van der Waals surface area contributed by atoms with Gasteiger partial charge < -0.3 is 9.47 Å². The van der Waals surface area contributed by atoms with Crippen molar-refractivity contribution in [1.82, 2.24) is 19.1 Å². The Balaban J connectivity index is 1.47. The second-order valence-electron chi connectivity index (χ2n) is 6.14. The molecule has 0 aliphatic carbocycles. The summed E-state index contributed by atoms with van der Waals surface area (Å²) in [5, 5.41) is 4.40. The first kappa shape index (κ1) is 14.9. The number of rotatable bonds is 4. The maximum Gasteiger partial charge on any atom is 0.350 e. The first-order chi connectivity index (χ1) is 11.3. The highest BCUT2D eigenvalue weighted by Crippen LogP contribution is 2.24. The molecular formula is C16H22N4O3. The van der Waals surface area contributed by atoms with Crippen LogP contribution in [-0.4, -0.2) is 57.7 Å². The summed E-state index contributed by atoms with van der Waals surface area (Å²) in [6.07, 6.45) is 5.12. The zero-order chi connectivity index (χ0) is 15.6. The van der Waals surface area contributed by atoms with Gasteiger partial charge in [0, 0.05) is 12.7 Å². The lowest BCUT2D eigenvalue weighted by Gasteiger charge is -2.37. The van der Waals surface area contributed by atoms with Gasteiger partial charge in [-0.2, -0.15) is 0 Å². The predicted octanol–water partition coefficient (Wildman–Crippen LogP) is 0.723. The van der Waals surface area contributed by atoms with Crippen molar-refractivity contribution in [2.45, 2.75) is 38.1 Å². The Labute approximate surface area is 134 Å². The number of aromatic nitrogens is 3. The molecule has 0 amide bonds. The Bertz CT molecular complexity index is 719. The molecule has 0 saturated carbocycles. The van der Waals surface area contributed by atoms with Gasteiger partial charge in [0.15, 0.2) is 11.9 Å². The number of pyridine rings is 1. The molecule has 2 aromatic heterocycles. The minimum Gasteiger partial charge on any atom is -0.349 e. The van der Waals surface area contributed by atoms with E-state index in [9.17, 15) is 4.79 Å². The van der Waals surface area contributed by atoms with E-state index in [1.807, 2.05) is 18.2 Å². The summed E-state index contributed by atoms with van der Waals surface area (Å²) in [7, 11) is 0. The van der Waals surface area contributed by atoms with Gasteiger partial charge in [0.05, 0.1) is 25.8 Å². The van der Waals surface area contributed by atoms with Crippen molar-refractivity contribution in [3.8, 4) is 0 Å². The average molecular weight is 318 g/mol. The number of fused-ring (bicyclic) bond motifs is 1. The van der Waals surface area contributed by atoms with Crippen LogP contribution in [-0.2, 0) is 16.0 Å². The molecule has 2 fully saturated rings. The Morgan fingerprint density at radius 3 is 2.87 bits per heavy atom. The van der Waals surface area contributed by atoms with E-state index in [-0.39, 0.29) is 12.0 Å². The van der Waals surface area contributed by atoms with E-state index in [4.69, 9.17) is 9.47 Å². The van der Waals surface area contributed by atoms with E-state index in [0.29, 0.717) is 31.4 Å². The van der Waals surface area contributed by atoms with Gasteiger partial charge in [-0.3, -0.25) is 9.30 Å². The molecule has 0 spiro atoms. The highest BCUT2D eigenvalue weighted by Gasteiger charge is 2.33.